The zero-order valence-corrected chi connectivity index (χ0v) is 22.1. The van der Waals surface area contributed by atoms with E-state index in [9.17, 15) is 18.0 Å². The van der Waals surface area contributed by atoms with Gasteiger partial charge in [-0.3, -0.25) is 9.52 Å². The van der Waals surface area contributed by atoms with Crippen molar-refractivity contribution in [2.45, 2.75) is 82.4 Å². The Labute approximate surface area is 207 Å². The van der Waals surface area contributed by atoms with Gasteiger partial charge in [-0.15, -0.1) is 0 Å². The van der Waals surface area contributed by atoms with E-state index in [0.717, 1.165) is 19.1 Å². The predicted octanol–water partition coefficient (Wildman–Crippen LogP) is 1.99. The number of carbonyl (C=O) groups is 2. The van der Waals surface area contributed by atoms with Crippen LogP contribution in [0.3, 0.4) is 0 Å². The third-order valence-corrected chi connectivity index (χ3v) is 8.38. The Morgan fingerprint density at radius 1 is 1.26 bits per heavy atom. The average molecular weight is 515 g/mol. The summed E-state index contributed by atoms with van der Waals surface area (Å²) in [5.74, 6) is -0.415. The quantitative estimate of drug-likeness (QED) is 0.366. The number of amides is 2. The molecule has 1 saturated carbocycles. The molecule has 0 bridgehead atoms. The van der Waals surface area contributed by atoms with Gasteiger partial charge in [0.25, 0.3) is 0 Å². The molecule has 4 fully saturated rings. The van der Waals surface area contributed by atoms with Crippen LogP contribution in [0.4, 0.5) is 4.79 Å². The molecular weight excluding hydrogens is 476 g/mol. The maximum atomic E-state index is 12.8. The van der Waals surface area contributed by atoms with Crippen LogP contribution in [0.1, 0.15) is 52.9 Å². The van der Waals surface area contributed by atoms with Gasteiger partial charge in [0.05, 0.1) is 24.9 Å². The second-order valence-corrected chi connectivity index (χ2v) is 12.7. The van der Waals surface area contributed by atoms with Crippen LogP contribution in [-0.4, -0.2) is 87.9 Å². The highest BCUT2D eigenvalue weighted by Crippen LogP contribution is 2.59. The number of nitrogens with zero attached hydrogens (tertiary/aromatic N) is 1. The third-order valence-electron chi connectivity index (χ3n) is 7.78. The van der Waals surface area contributed by atoms with Crippen molar-refractivity contribution in [3.05, 3.63) is 11.6 Å². The molecule has 1 unspecified atom stereocenters. The summed E-state index contributed by atoms with van der Waals surface area (Å²) in [5, 5.41) is 0. The summed E-state index contributed by atoms with van der Waals surface area (Å²) in [4.78, 5) is 26.1. The Hall–Kier alpha value is -1.69. The number of sulfonamides is 1. The van der Waals surface area contributed by atoms with Crippen molar-refractivity contribution in [2.24, 2.45) is 11.8 Å². The van der Waals surface area contributed by atoms with Crippen molar-refractivity contribution in [2.75, 3.05) is 33.1 Å². The summed E-state index contributed by atoms with van der Waals surface area (Å²) in [5.41, 5.74) is 0.595. The van der Waals surface area contributed by atoms with Gasteiger partial charge in [-0.2, -0.15) is 0 Å². The second-order valence-electron chi connectivity index (χ2n) is 10.9. The second kappa shape index (κ2) is 9.64. The van der Waals surface area contributed by atoms with Crippen molar-refractivity contribution in [3.8, 4) is 0 Å². The van der Waals surface area contributed by atoms with E-state index in [1.807, 2.05) is 4.72 Å². The topological polar surface area (TPSA) is 127 Å². The lowest BCUT2D eigenvalue weighted by molar-refractivity contribution is -0.125. The molecular formula is C24H38N2O8S. The fourth-order valence-corrected chi connectivity index (χ4v) is 6.28. The lowest BCUT2D eigenvalue weighted by atomic mass is 9.68. The fourth-order valence-electron chi connectivity index (χ4n) is 5.77. The summed E-state index contributed by atoms with van der Waals surface area (Å²) in [7, 11) is -1.90. The summed E-state index contributed by atoms with van der Waals surface area (Å²) < 4.78 is 48.2. The highest BCUT2D eigenvalue weighted by molar-refractivity contribution is 7.89. The summed E-state index contributed by atoms with van der Waals surface area (Å²) in [6.45, 7) is 7.90. The minimum absolute atomic E-state index is 0.0281. The van der Waals surface area contributed by atoms with Gasteiger partial charge < -0.3 is 23.8 Å². The number of allylic oxidation sites excluding steroid dienone is 1. The van der Waals surface area contributed by atoms with Crippen LogP contribution < -0.4 is 4.72 Å². The Balaban J connectivity index is 1.30. The molecule has 198 valence electrons. The first-order valence-corrected chi connectivity index (χ1v) is 14.2. The third kappa shape index (κ3) is 5.84. The number of rotatable bonds is 9. The highest BCUT2D eigenvalue weighted by Gasteiger charge is 2.72. The zero-order chi connectivity index (χ0) is 25.6. The van der Waals surface area contributed by atoms with Crippen LogP contribution in [0.2, 0.25) is 0 Å². The molecule has 1 spiro atoms. The first kappa shape index (κ1) is 26.4. The van der Waals surface area contributed by atoms with Gasteiger partial charge in [0.1, 0.15) is 23.4 Å². The smallest absolute Gasteiger partial charge is 0.410 e. The van der Waals surface area contributed by atoms with Crippen molar-refractivity contribution in [3.63, 3.8) is 0 Å². The largest absolute Gasteiger partial charge is 0.443 e. The number of epoxide rings is 2. The van der Waals surface area contributed by atoms with E-state index in [0.29, 0.717) is 32.5 Å². The fraction of sp³-hybridized carbons (Fsp3) is 0.833. The van der Waals surface area contributed by atoms with E-state index >= 15 is 0 Å². The van der Waals surface area contributed by atoms with Crippen molar-refractivity contribution in [1.29, 1.82) is 0 Å². The maximum absolute atomic E-state index is 12.8. The van der Waals surface area contributed by atoms with Crippen LogP contribution in [0.5, 0.6) is 0 Å². The number of hydrogen-bond donors (Lipinski definition) is 1. The van der Waals surface area contributed by atoms with Gasteiger partial charge in [-0.05, 0) is 52.4 Å². The molecule has 3 saturated heterocycles. The minimum Gasteiger partial charge on any atom is -0.443 e. The number of nitrogens with one attached hydrogen (secondary N) is 1. The molecule has 0 radical (unpaired) electrons. The van der Waals surface area contributed by atoms with E-state index in [1.165, 1.54) is 5.57 Å². The first-order chi connectivity index (χ1) is 16.4. The monoisotopic (exact) mass is 514 g/mol. The SMILES string of the molecule is CO[C@@H]1[C@H](OC(=O)N2CC(CCC(=O)NS(C)(=O)=O)C2)CC[C@]2(CO2)[C@H]1[C@@]1(C)OC1CC=C(C)C. The van der Waals surface area contributed by atoms with Crippen molar-refractivity contribution < 1.29 is 37.0 Å². The molecule has 35 heavy (non-hydrogen) atoms. The summed E-state index contributed by atoms with van der Waals surface area (Å²) in [6, 6.07) is 0. The van der Waals surface area contributed by atoms with Crippen LogP contribution in [0, 0.1) is 11.8 Å². The summed E-state index contributed by atoms with van der Waals surface area (Å²) in [6.07, 6.45) is 5.03. The maximum Gasteiger partial charge on any atom is 0.410 e. The molecule has 3 aliphatic heterocycles. The lowest BCUT2D eigenvalue weighted by Gasteiger charge is -2.44. The molecule has 6 atom stereocenters. The highest BCUT2D eigenvalue weighted by atomic mass is 32.2. The van der Waals surface area contributed by atoms with Crippen LogP contribution in [0.15, 0.2) is 11.6 Å². The van der Waals surface area contributed by atoms with Crippen molar-refractivity contribution >= 4 is 22.0 Å². The molecule has 0 aromatic carbocycles. The average Bonchev–Trinajstić information content (AvgIpc) is 3.62. The molecule has 4 aliphatic rings. The Kier molecular flexibility index (Phi) is 7.27. The van der Waals surface area contributed by atoms with Gasteiger partial charge in [-0.1, -0.05) is 11.6 Å². The van der Waals surface area contributed by atoms with E-state index in [-0.39, 0.29) is 47.8 Å². The van der Waals surface area contributed by atoms with E-state index in [1.54, 1.807) is 12.0 Å². The Morgan fingerprint density at radius 3 is 2.51 bits per heavy atom. The van der Waals surface area contributed by atoms with E-state index < -0.39 is 22.0 Å². The Bertz CT molecular complexity index is 968. The number of hydrogen-bond acceptors (Lipinski definition) is 8. The van der Waals surface area contributed by atoms with E-state index in [4.69, 9.17) is 18.9 Å². The normalized spacial score (nSPS) is 36.3. The van der Waals surface area contributed by atoms with Gasteiger partial charge in [0.2, 0.25) is 15.9 Å². The van der Waals surface area contributed by atoms with Crippen LogP contribution in [0.25, 0.3) is 0 Å². The van der Waals surface area contributed by atoms with Gasteiger partial charge in [0, 0.05) is 26.6 Å². The molecule has 1 aliphatic carbocycles. The van der Waals surface area contributed by atoms with Crippen LogP contribution >= 0.6 is 0 Å². The molecule has 1 N–H and O–H groups in total. The zero-order valence-electron chi connectivity index (χ0n) is 21.2. The van der Waals surface area contributed by atoms with Crippen molar-refractivity contribution in [1.82, 2.24) is 9.62 Å². The van der Waals surface area contributed by atoms with Gasteiger partial charge >= 0.3 is 6.09 Å². The van der Waals surface area contributed by atoms with Gasteiger partial charge in [-0.25, -0.2) is 13.2 Å². The Morgan fingerprint density at radius 2 is 1.94 bits per heavy atom. The van der Waals surface area contributed by atoms with E-state index in [2.05, 4.69) is 26.8 Å². The minimum atomic E-state index is -3.55. The number of carbonyl (C=O) groups excluding carboxylic acids is 2. The van der Waals surface area contributed by atoms with Gasteiger partial charge in [0.15, 0.2) is 0 Å². The lowest BCUT2D eigenvalue weighted by Crippen LogP contribution is -2.57. The number of methoxy groups -OCH3 is 1. The number of ether oxygens (including phenoxy) is 4. The molecule has 4 rings (SSSR count). The molecule has 2 amide bonds. The first-order valence-electron chi connectivity index (χ1n) is 12.3. The molecule has 0 aromatic rings. The number of likely N-dealkylation sites (tertiary alicyclic amines) is 1. The summed E-state index contributed by atoms with van der Waals surface area (Å²) >= 11 is 0. The predicted molar refractivity (Wildman–Crippen MR) is 127 cm³/mol. The molecule has 11 heteroatoms. The molecule has 10 nitrogen and oxygen atoms in total. The molecule has 3 heterocycles. The standard InChI is InChI=1S/C24H38N2O8S/c1-15(2)6-8-18-23(3,34-18)21-20(31-4)17(10-11-24(21)14-32-24)33-22(28)26-12-16(13-26)7-9-19(27)25-35(5,29)30/h6,16-18,20-21H,7-14H2,1-5H3,(H,25,27)/t17-,18?,20-,21-,23+,24+/m1/s1. The molecule has 0 aromatic heterocycles. The van der Waals surface area contributed by atoms with Crippen LogP contribution in [-0.2, 0) is 33.8 Å².